The van der Waals surface area contributed by atoms with Gasteiger partial charge in [-0.25, -0.2) is 9.97 Å². The number of pyridine rings is 2. The summed E-state index contributed by atoms with van der Waals surface area (Å²) < 4.78 is 5.35. The van der Waals surface area contributed by atoms with Gasteiger partial charge in [0, 0.05) is 42.4 Å². The minimum absolute atomic E-state index is 0.112. The maximum atomic E-state index is 12.7. The fourth-order valence-corrected chi connectivity index (χ4v) is 3.30. The van der Waals surface area contributed by atoms with Gasteiger partial charge < -0.3 is 9.64 Å². The van der Waals surface area contributed by atoms with Crippen LogP contribution in [0.2, 0.25) is 0 Å². The maximum absolute atomic E-state index is 12.7. The SMILES string of the molecule is COc1ccccc1CC(=O)N1CCc2nc3ncccc3cc2C1. The van der Waals surface area contributed by atoms with Crippen LogP contribution in [0.1, 0.15) is 16.8 Å². The highest BCUT2D eigenvalue weighted by atomic mass is 16.5. The Morgan fingerprint density at radius 3 is 3.00 bits per heavy atom. The van der Waals surface area contributed by atoms with Gasteiger partial charge in [-0.05, 0) is 29.8 Å². The first-order valence-corrected chi connectivity index (χ1v) is 8.38. The zero-order valence-electron chi connectivity index (χ0n) is 14.1. The summed E-state index contributed by atoms with van der Waals surface area (Å²) in [4.78, 5) is 23.6. The standard InChI is InChI=1S/C20H19N3O2/c1-25-18-7-3-2-5-14(18)12-19(24)23-10-8-17-16(13-23)11-15-6-4-9-21-20(15)22-17/h2-7,9,11H,8,10,12-13H2,1H3. The van der Waals surface area contributed by atoms with Gasteiger partial charge in [0.15, 0.2) is 5.65 Å². The zero-order valence-corrected chi connectivity index (χ0v) is 14.1. The maximum Gasteiger partial charge on any atom is 0.227 e. The van der Waals surface area contributed by atoms with Crippen LogP contribution in [0.3, 0.4) is 0 Å². The number of para-hydroxylation sites is 1. The fraction of sp³-hybridized carbons (Fsp3) is 0.250. The fourth-order valence-electron chi connectivity index (χ4n) is 3.30. The average Bonchev–Trinajstić information content (AvgIpc) is 2.66. The highest BCUT2D eigenvalue weighted by Gasteiger charge is 2.23. The molecule has 1 aromatic carbocycles. The van der Waals surface area contributed by atoms with Gasteiger partial charge in [0.25, 0.3) is 0 Å². The molecule has 4 rings (SSSR count). The Kier molecular flexibility index (Phi) is 4.06. The number of aromatic nitrogens is 2. The summed E-state index contributed by atoms with van der Waals surface area (Å²) >= 11 is 0. The monoisotopic (exact) mass is 333 g/mol. The van der Waals surface area contributed by atoms with E-state index >= 15 is 0 Å². The second kappa shape index (κ2) is 6.51. The van der Waals surface area contributed by atoms with Crippen molar-refractivity contribution in [2.24, 2.45) is 0 Å². The van der Waals surface area contributed by atoms with Crippen LogP contribution in [-0.4, -0.2) is 34.4 Å². The predicted octanol–water partition coefficient (Wildman–Crippen LogP) is 2.77. The molecule has 0 spiro atoms. The normalized spacial score (nSPS) is 13.6. The van der Waals surface area contributed by atoms with Gasteiger partial charge in [-0.2, -0.15) is 0 Å². The van der Waals surface area contributed by atoms with E-state index in [2.05, 4.69) is 16.0 Å². The van der Waals surface area contributed by atoms with Gasteiger partial charge >= 0.3 is 0 Å². The molecule has 0 aliphatic carbocycles. The van der Waals surface area contributed by atoms with Crippen molar-refractivity contribution in [3.05, 3.63) is 65.5 Å². The third kappa shape index (κ3) is 3.05. The summed E-state index contributed by atoms with van der Waals surface area (Å²) in [5.74, 6) is 0.869. The average molecular weight is 333 g/mol. The Morgan fingerprint density at radius 1 is 1.24 bits per heavy atom. The van der Waals surface area contributed by atoms with Crippen molar-refractivity contribution in [1.82, 2.24) is 14.9 Å². The van der Waals surface area contributed by atoms with Crippen LogP contribution in [0.15, 0.2) is 48.7 Å². The lowest BCUT2D eigenvalue weighted by Crippen LogP contribution is -2.37. The van der Waals surface area contributed by atoms with E-state index < -0.39 is 0 Å². The topological polar surface area (TPSA) is 55.3 Å². The van der Waals surface area contributed by atoms with E-state index in [-0.39, 0.29) is 5.91 Å². The van der Waals surface area contributed by atoms with Crippen molar-refractivity contribution < 1.29 is 9.53 Å². The molecule has 3 heterocycles. The van der Waals surface area contributed by atoms with Crippen LogP contribution in [0, 0.1) is 0 Å². The molecular weight excluding hydrogens is 314 g/mol. The molecule has 1 aliphatic rings. The number of hydrogen-bond acceptors (Lipinski definition) is 4. The van der Waals surface area contributed by atoms with Gasteiger partial charge in [0.2, 0.25) is 5.91 Å². The molecule has 0 saturated heterocycles. The molecule has 0 fully saturated rings. The van der Waals surface area contributed by atoms with E-state index in [1.165, 1.54) is 0 Å². The van der Waals surface area contributed by atoms with Gasteiger partial charge in [-0.3, -0.25) is 4.79 Å². The molecule has 3 aromatic rings. The highest BCUT2D eigenvalue weighted by molar-refractivity contribution is 5.80. The number of amides is 1. The summed E-state index contributed by atoms with van der Waals surface area (Å²) in [5.41, 5.74) is 3.85. The number of carbonyl (C=O) groups excluding carboxylic acids is 1. The molecule has 0 N–H and O–H groups in total. The first-order chi connectivity index (χ1) is 12.2. The van der Waals surface area contributed by atoms with Crippen LogP contribution >= 0.6 is 0 Å². The van der Waals surface area contributed by atoms with Crippen LogP contribution in [0.4, 0.5) is 0 Å². The van der Waals surface area contributed by atoms with Gasteiger partial charge in [0.05, 0.1) is 13.5 Å². The quantitative estimate of drug-likeness (QED) is 0.739. The van der Waals surface area contributed by atoms with Crippen LogP contribution in [0.25, 0.3) is 11.0 Å². The van der Waals surface area contributed by atoms with Gasteiger partial charge in [0.1, 0.15) is 5.75 Å². The Balaban J connectivity index is 1.55. The van der Waals surface area contributed by atoms with Crippen molar-refractivity contribution in [2.45, 2.75) is 19.4 Å². The van der Waals surface area contributed by atoms with Crippen molar-refractivity contribution in [3.63, 3.8) is 0 Å². The molecule has 126 valence electrons. The van der Waals surface area contributed by atoms with Crippen LogP contribution in [0.5, 0.6) is 5.75 Å². The minimum atomic E-state index is 0.112. The molecule has 0 bridgehead atoms. The minimum Gasteiger partial charge on any atom is -0.496 e. The largest absolute Gasteiger partial charge is 0.496 e. The van der Waals surface area contributed by atoms with E-state index in [4.69, 9.17) is 4.74 Å². The van der Waals surface area contributed by atoms with Gasteiger partial charge in [-0.1, -0.05) is 18.2 Å². The molecule has 1 amide bonds. The highest BCUT2D eigenvalue weighted by Crippen LogP contribution is 2.23. The molecule has 1 aliphatic heterocycles. The molecule has 25 heavy (non-hydrogen) atoms. The second-order valence-electron chi connectivity index (χ2n) is 6.20. The third-order valence-electron chi connectivity index (χ3n) is 4.62. The molecule has 0 atom stereocenters. The van der Waals surface area contributed by atoms with E-state index in [9.17, 15) is 4.79 Å². The predicted molar refractivity (Wildman–Crippen MR) is 95.4 cm³/mol. The second-order valence-corrected chi connectivity index (χ2v) is 6.20. The number of carbonyl (C=O) groups is 1. The van der Waals surface area contributed by atoms with E-state index in [0.717, 1.165) is 40.0 Å². The Hall–Kier alpha value is -2.95. The third-order valence-corrected chi connectivity index (χ3v) is 4.62. The van der Waals surface area contributed by atoms with Crippen molar-refractivity contribution in [3.8, 4) is 5.75 Å². The van der Waals surface area contributed by atoms with Crippen molar-refractivity contribution >= 4 is 16.9 Å². The van der Waals surface area contributed by atoms with Crippen molar-refractivity contribution in [2.75, 3.05) is 13.7 Å². The number of benzene rings is 1. The number of rotatable bonds is 3. The molecule has 2 aromatic heterocycles. The smallest absolute Gasteiger partial charge is 0.227 e. The molecular formula is C20H19N3O2. The molecule has 5 nitrogen and oxygen atoms in total. The van der Waals surface area contributed by atoms with E-state index in [1.54, 1.807) is 13.3 Å². The first kappa shape index (κ1) is 15.6. The molecule has 0 unspecified atom stereocenters. The van der Waals surface area contributed by atoms with Crippen LogP contribution in [-0.2, 0) is 24.2 Å². The number of methoxy groups -OCH3 is 1. The lowest BCUT2D eigenvalue weighted by Gasteiger charge is -2.28. The summed E-state index contributed by atoms with van der Waals surface area (Å²) in [5, 5.41) is 1.01. The lowest BCUT2D eigenvalue weighted by atomic mass is 10.0. The summed E-state index contributed by atoms with van der Waals surface area (Å²) in [7, 11) is 1.63. The van der Waals surface area contributed by atoms with Gasteiger partial charge in [-0.15, -0.1) is 0 Å². The summed E-state index contributed by atoms with van der Waals surface area (Å²) in [6.07, 6.45) is 2.87. The number of hydrogen-bond donors (Lipinski definition) is 0. The number of nitrogens with zero attached hydrogens (tertiary/aromatic N) is 3. The van der Waals surface area contributed by atoms with Crippen LogP contribution < -0.4 is 4.74 Å². The zero-order chi connectivity index (χ0) is 17.2. The number of ether oxygens (including phenoxy) is 1. The van der Waals surface area contributed by atoms with E-state index in [0.29, 0.717) is 19.5 Å². The molecule has 0 saturated carbocycles. The number of fused-ring (bicyclic) bond motifs is 2. The summed E-state index contributed by atoms with van der Waals surface area (Å²) in [6.45, 7) is 1.29. The molecule has 5 heteroatoms. The Morgan fingerprint density at radius 2 is 2.12 bits per heavy atom. The lowest BCUT2D eigenvalue weighted by molar-refractivity contribution is -0.131. The van der Waals surface area contributed by atoms with E-state index in [1.807, 2.05) is 41.3 Å². The molecule has 0 radical (unpaired) electrons. The Bertz CT molecular complexity index is 939. The first-order valence-electron chi connectivity index (χ1n) is 8.38. The Labute approximate surface area is 146 Å². The summed E-state index contributed by atoms with van der Waals surface area (Å²) in [6, 6.07) is 13.7. The van der Waals surface area contributed by atoms with Crippen molar-refractivity contribution in [1.29, 1.82) is 0 Å².